The second-order valence-corrected chi connectivity index (χ2v) is 5.54. The SMILES string of the molecule is C[C@H](NC(=O)N(C)Cc1ccco1)c1ccc(-n2cncn2)cc1. The van der Waals surface area contributed by atoms with Crippen LogP contribution in [0.4, 0.5) is 4.79 Å². The summed E-state index contributed by atoms with van der Waals surface area (Å²) in [7, 11) is 1.73. The summed E-state index contributed by atoms with van der Waals surface area (Å²) in [5.41, 5.74) is 1.93. The summed E-state index contributed by atoms with van der Waals surface area (Å²) < 4.78 is 6.94. The van der Waals surface area contributed by atoms with E-state index in [1.807, 2.05) is 37.3 Å². The highest BCUT2D eigenvalue weighted by atomic mass is 16.3. The molecule has 0 saturated heterocycles. The Balaban J connectivity index is 1.59. The summed E-state index contributed by atoms with van der Waals surface area (Å²) in [6.45, 7) is 2.37. The second-order valence-electron chi connectivity index (χ2n) is 5.54. The molecule has 0 aliphatic heterocycles. The fraction of sp³-hybridized carbons (Fsp3) is 0.235. The maximum absolute atomic E-state index is 12.3. The van der Waals surface area contributed by atoms with Gasteiger partial charge >= 0.3 is 6.03 Å². The van der Waals surface area contributed by atoms with Crippen LogP contribution in [0.1, 0.15) is 24.3 Å². The molecule has 1 aromatic carbocycles. The molecule has 1 N–H and O–H groups in total. The number of nitrogens with zero attached hydrogens (tertiary/aromatic N) is 4. The smallest absolute Gasteiger partial charge is 0.318 e. The van der Waals surface area contributed by atoms with Crippen molar-refractivity contribution in [3.63, 3.8) is 0 Å². The molecule has 1 atom stereocenters. The molecule has 0 bridgehead atoms. The average molecular weight is 325 g/mol. The lowest BCUT2D eigenvalue weighted by Crippen LogP contribution is -2.38. The Kier molecular flexibility index (Phi) is 4.60. The molecule has 0 unspecified atom stereocenters. The van der Waals surface area contributed by atoms with Crippen molar-refractivity contribution >= 4 is 6.03 Å². The average Bonchev–Trinajstić information content (AvgIpc) is 3.28. The van der Waals surface area contributed by atoms with E-state index in [1.54, 1.807) is 35.3 Å². The molecule has 7 nitrogen and oxygen atoms in total. The van der Waals surface area contributed by atoms with Crippen molar-refractivity contribution in [3.8, 4) is 5.69 Å². The highest BCUT2D eigenvalue weighted by molar-refractivity contribution is 5.74. The minimum absolute atomic E-state index is 0.110. The van der Waals surface area contributed by atoms with Crippen molar-refractivity contribution in [1.82, 2.24) is 25.0 Å². The number of rotatable bonds is 5. The molecule has 7 heteroatoms. The van der Waals surface area contributed by atoms with Gasteiger partial charge in [-0.15, -0.1) is 0 Å². The van der Waals surface area contributed by atoms with Crippen LogP contribution in [0.2, 0.25) is 0 Å². The van der Waals surface area contributed by atoms with Crippen LogP contribution in [0.25, 0.3) is 5.69 Å². The van der Waals surface area contributed by atoms with Gasteiger partial charge in [0.15, 0.2) is 0 Å². The molecule has 0 aliphatic rings. The first kappa shape index (κ1) is 15.8. The molecule has 0 aliphatic carbocycles. The van der Waals surface area contributed by atoms with Gasteiger partial charge in [-0.3, -0.25) is 0 Å². The molecule has 124 valence electrons. The minimum Gasteiger partial charge on any atom is -0.467 e. The quantitative estimate of drug-likeness (QED) is 0.782. The van der Waals surface area contributed by atoms with Crippen molar-refractivity contribution < 1.29 is 9.21 Å². The van der Waals surface area contributed by atoms with Crippen LogP contribution < -0.4 is 5.32 Å². The van der Waals surface area contributed by atoms with E-state index in [0.29, 0.717) is 6.54 Å². The number of hydrogen-bond acceptors (Lipinski definition) is 4. The first-order chi connectivity index (χ1) is 11.6. The van der Waals surface area contributed by atoms with Gasteiger partial charge in [0.1, 0.15) is 18.4 Å². The number of carbonyl (C=O) groups excluding carboxylic acids is 1. The molecule has 3 aromatic rings. The van der Waals surface area contributed by atoms with Crippen molar-refractivity contribution in [2.24, 2.45) is 0 Å². The number of nitrogens with one attached hydrogen (secondary N) is 1. The molecule has 2 heterocycles. The monoisotopic (exact) mass is 325 g/mol. The first-order valence-electron chi connectivity index (χ1n) is 7.62. The maximum atomic E-state index is 12.3. The molecule has 0 fully saturated rings. The van der Waals surface area contributed by atoms with Crippen molar-refractivity contribution in [2.75, 3.05) is 7.05 Å². The van der Waals surface area contributed by atoms with Crippen molar-refractivity contribution in [2.45, 2.75) is 19.5 Å². The van der Waals surface area contributed by atoms with E-state index in [0.717, 1.165) is 17.0 Å². The summed E-state index contributed by atoms with van der Waals surface area (Å²) in [6, 6.07) is 11.2. The van der Waals surface area contributed by atoms with E-state index >= 15 is 0 Å². The van der Waals surface area contributed by atoms with E-state index in [9.17, 15) is 4.79 Å². The molecule has 2 aromatic heterocycles. The molecular formula is C17H19N5O2. The predicted molar refractivity (Wildman–Crippen MR) is 88.5 cm³/mol. The minimum atomic E-state index is -0.153. The molecule has 3 rings (SSSR count). The summed E-state index contributed by atoms with van der Waals surface area (Å²) in [4.78, 5) is 17.8. The van der Waals surface area contributed by atoms with Crippen LogP contribution in [-0.2, 0) is 6.54 Å². The molecule has 24 heavy (non-hydrogen) atoms. The zero-order chi connectivity index (χ0) is 16.9. The highest BCUT2D eigenvalue weighted by Crippen LogP contribution is 2.15. The van der Waals surface area contributed by atoms with Gasteiger partial charge < -0.3 is 14.6 Å². The van der Waals surface area contributed by atoms with Crippen LogP contribution in [0.3, 0.4) is 0 Å². The summed E-state index contributed by atoms with van der Waals surface area (Å²) in [5, 5.41) is 7.06. The third-order valence-corrected chi connectivity index (χ3v) is 3.74. The molecule has 0 saturated carbocycles. The molecular weight excluding hydrogens is 306 g/mol. The largest absolute Gasteiger partial charge is 0.467 e. The van der Waals surface area contributed by atoms with Gasteiger partial charge in [0, 0.05) is 7.05 Å². The van der Waals surface area contributed by atoms with Gasteiger partial charge in [-0.05, 0) is 36.8 Å². The molecule has 2 amide bonds. The van der Waals surface area contributed by atoms with E-state index < -0.39 is 0 Å². The summed E-state index contributed by atoms with van der Waals surface area (Å²) in [5.74, 6) is 0.748. The highest BCUT2D eigenvalue weighted by Gasteiger charge is 2.14. The van der Waals surface area contributed by atoms with Crippen molar-refractivity contribution in [1.29, 1.82) is 0 Å². The number of amides is 2. The Bertz CT molecular complexity index is 766. The predicted octanol–water partition coefficient (Wildman–Crippen LogP) is 2.76. The van der Waals surface area contributed by atoms with Crippen LogP contribution >= 0.6 is 0 Å². The normalized spacial score (nSPS) is 11.9. The van der Waals surface area contributed by atoms with Gasteiger partial charge in [0.25, 0.3) is 0 Å². The third-order valence-electron chi connectivity index (χ3n) is 3.74. The Morgan fingerprint density at radius 1 is 1.33 bits per heavy atom. The Labute approximate surface area is 139 Å². The number of furan rings is 1. The lowest BCUT2D eigenvalue weighted by molar-refractivity contribution is 0.200. The number of aromatic nitrogens is 3. The lowest BCUT2D eigenvalue weighted by Gasteiger charge is -2.21. The second kappa shape index (κ2) is 6.99. The van der Waals surface area contributed by atoms with E-state index in [2.05, 4.69) is 15.4 Å². The van der Waals surface area contributed by atoms with E-state index in [1.165, 1.54) is 6.33 Å². The van der Waals surface area contributed by atoms with Gasteiger partial charge in [-0.2, -0.15) is 5.10 Å². The standard InChI is InChI=1S/C17H19N5O2/c1-13(20-17(23)21(2)10-16-4-3-9-24-16)14-5-7-15(8-6-14)22-12-18-11-19-22/h3-9,11-13H,10H2,1-2H3,(H,20,23)/t13-/m0/s1. The zero-order valence-corrected chi connectivity index (χ0v) is 13.6. The van der Waals surface area contributed by atoms with Gasteiger partial charge in [0.05, 0.1) is 24.5 Å². The fourth-order valence-corrected chi connectivity index (χ4v) is 2.34. The Morgan fingerprint density at radius 3 is 2.75 bits per heavy atom. The number of carbonyl (C=O) groups is 1. The van der Waals surface area contributed by atoms with Crippen molar-refractivity contribution in [3.05, 3.63) is 66.6 Å². The number of hydrogen-bond donors (Lipinski definition) is 1. The summed E-state index contributed by atoms with van der Waals surface area (Å²) >= 11 is 0. The van der Waals surface area contributed by atoms with Crippen LogP contribution in [0.15, 0.2) is 59.7 Å². The third kappa shape index (κ3) is 3.62. The summed E-state index contributed by atoms with van der Waals surface area (Å²) in [6.07, 6.45) is 4.73. The molecule has 0 radical (unpaired) electrons. The Hall–Kier alpha value is -3.09. The number of benzene rings is 1. The van der Waals surface area contributed by atoms with Crippen LogP contribution in [-0.4, -0.2) is 32.7 Å². The van der Waals surface area contributed by atoms with E-state index in [4.69, 9.17) is 4.42 Å². The van der Waals surface area contributed by atoms with E-state index in [-0.39, 0.29) is 12.1 Å². The maximum Gasteiger partial charge on any atom is 0.318 e. The van der Waals surface area contributed by atoms with Gasteiger partial charge in [-0.25, -0.2) is 14.5 Å². The Morgan fingerprint density at radius 2 is 2.12 bits per heavy atom. The number of urea groups is 1. The van der Waals surface area contributed by atoms with Crippen LogP contribution in [0.5, 0.6) is 0 Å². The first-order valence-corrected chi connectivity index (χ1v) is 7.62. The molecule has 0 spiro atoms. The topological polar surface area (TPSA) is 76.2 Å². The van der Waals surface area contributed by atoms with Crippen LogP contribution in [0, 0.1) is 0 Å². The fourth-order valence-electron chi connectivity index (χ4n) is 2.34. The zero-order valence-electron chi connectivity index (χ0n) is 13.6. The van der Waals surface area contributed by atoms with Gasteiger partial charge in [0.2, 0.25) is 0 Å². The lowest BCUT2D eigenvalue weighted by atomic mass is 10.1. The van der Waals surface area contributed by atoms with Gasteiger partial charge in [-0.1, -0.05) is 12.1 Å².